The number of anilines is 1. The minimum atomic E-state index is -3.35. The van der Waals surface area contributed by atoms with Crippen LogP contribution in [0.15, 0.2) is 29.2 Å². The summed E-state index contributed by atoms with van der Waals surface area (Å²) in [6, 6.07) is 6.81. The highest BCUT2D eigenvalue weighted by molar-refractivity contribution is 7.89. The molecule has 78 valence electrons. The van der Waals surface area contributed by atoms with Gasteiger partial charge in [-0.05, 0) is 12.1 Å². The summed E-state index contributed by atoms with van der Waals surface area (Å²) in [4.78, 5) is 0.299. The molecule has 0 saturated heterocycles. The van der Waals surface area contributed by atoms with Gasteiger partial charge in [0.15, 0.2) is 0 Å². The van der Waals surface area contributed by atoms with Crippen LogP contribution in [-0.4, -0.2) is 33.9 Å². The second-order valence-electron chi connectivity index (χ2n) is 3.03. The lowest BCUT2D eigenvalue weighted by molar-refractivity contribution is 0.521. The molecule has 0 aliphatic heterocycles. The SMILES string of the molecule is CNc1ccccc1S(=O)(=O)N(C)C. The van der Waals surface area contributed by atoms with E-state index in [1.165, 1.54) is 18.4 Å². The molecule has 0 saturated carbocycles. The van der Waals surface area contributed by atoms with Crippen molar-refractivity contribution in [3.8, 4) is 0 Å². The van der Waals surface area contributed by atoms with Crippen LogP contribution in [0.4, 0.5) is 5.69 Å². The summed E-state index contributed by atoms with van der Waals surface area (Å²) in [6.07, 6.45) is 0. The lowest BCUT2D eigenvalue weighted by Gasteiger charge is -2.14. The summed E-state index contributed by atoms with van der Waals surface area (Å²) in [5.41, 5.74) is 0.612. The Labute approximate surface area is 84.6 Å². The molecule has 4 nitrogen and oxygen atoms in total. The van der Waals surface area contributed by atoms with E-state index < -0.39 is 10.0 Å². The van der Waals surface area contributed by atoms with Crippen molar-refractivity contribution in [2.24, 2.45) is 0 Å². The molecule has 1 rings (SSSR count). The number of rotatable bonds is 3. The highest BCUT2D eigenvalue weighted by Crippen LogP contribution is 2.22. The number of benzene rings is 1. The maximum Gasteiger partial charge on any atom is 0.244 e. The predicted octanol–water partition coefficient (Wildman–Crippen LogP) is 0.979. The summed E-state index contributed by atoms with van der Waals surface area (Å²) < 4.78 is 24.8. The van der Waals surface area contributed by atoms with E-state index in [9.17, 15) is 8.42 Å². The van der Waals surface area contributed by atoms with Crippen molar-refractivity contribution in [3.05, 3.63) is 24.3 Å². The fraction of sp³-hybridized carbons (Fsp3) is 0.333. The molecule has 0 aliphatic carbocycles. The van der Waals surface area contributed by atoms with Crippen LogP contribution >= 0.6 is 0 Å². The van der Waals surface area contributed by atoms with Gasteiger partial charge in [-0.1, -0.05) is 12.1 Å². The van der Waals surface area contributed by atoms with Gasteiger partial charge in [-0.3, -0.25) is 0 Å². The molecule has 1 N–H and O–H groups in total. The van der Waals surface area contributed by atoms with Crippen LogP contribution in [-0.2, 0) is 10.0 Å². The van der Waals surface area contributed by atoms with Crippen molar-refractivity contribution in [2.45, 2.75) is 4.90 Å². The molecule has 0 aliphatic rings. The van der Waals surface area contributed by atoms with E-state index in [0.29, 0.717) is 10.6 Å². The molecule has 1 aromatic rings. The van der Waals surface area contributed by atoms with E-state index in [4.69, 9.17) is 0 Å². The molecule has 0 aromatic heterocycles. The van der Waals surface area contributed by atoms with Gasteiger partial charge in [0.05, 0.1) is 5.69 Å². The first kappa shape index (κ1) is 11.0. The largest absolute Gasteiger partial charge is 0.387 e. The minimum Gasteiger partial charge on any atom is -0.387 e. The van der Waals surface area contributed by atoms with E-state index >= 15 is 0 Å². The highest BCUT2D eigenvalue weighted by atomic mass is 32.2. The van der Waals surface area contributed by atoms with Crippen LogP contribution in [0, 0.1) is 0 Å². The van der Waals surface area contributed by atoms with Crippen LogP contribution in [0.25, 0.3) is 0 Å². The molecule has 0 amide bonds. The molecular formula is C9H14N2O2S. The van der Waals surface area contributed by atoms with Gasteiger partial charge in [0.25, 0.3) is 0 Å². The zero-order valence-electron chi connectivity index (χ0n) is 8.48. The summed E-state index contributed by atoms with van der Waals surface area (Å²) in [6.45, 7) is 0. The van der Waals surface area contributed by atoms with Crippen molar-refractivity contribution >= 4 is 15.7 Å². The van der Waals surface area contributed by atoms with Crippen LogP contribution in [0.3, 0.4) is 0 Å². The Morgan fingerprint density at radius 2 is 1.79 bits per heavy atom. The van der Waals surface area contributed by atoms with Gasteiger partial charge in [-0.2, -0.15) is 0 Å². The fourth-order valence-electron chi connectivity index (χ4n) is 1.09. The Bertz CT molecular complexity index is 413. The second kappa shape index (κ2) is 3.98. The average molecular weight is 214 g/mol. The quantitative estimate of drug-likeness (QED) is 0.816. The van der Waals surface area contributed by atoms with Crippen LogP contribution < -0.4 is 5.32 Å². The Morgan fingerprint density at radius 3 is 2.29 bits per heavy atom. The first-order chi connectivity index (χ1) is 6.50. The molecule has 0 atom stereocenters. The molecule has 0 radical (unpaired) electrons. The van der Waals surface area contributed by atoms with Crippen LogP contribution in [0.2, 0.25) is 0 Å². The maximum atomic E-state index is 11.8. The number of hydrogen-bond donors (Lipinski definition) is 1. The van der Waals surface area contributed by atoms with Gasteiger partial charge in [-0.25, -0.2) is 12.7 Å². The predicted molar refractivity (Wildman–Crippen MR) is 56.9 cm³/mol. The van der Waals surface area contributed by atoms with Crippen molar-refractivity contribution in [1.29, 1.82) is 0 Å². The zero-order chi connectivity index (χ0) is 10.8. The lowest BCUT2D eigenvalue weighted by atomic mass is 10.3. The van der Waals surface area contributed by atoms with Crippen molar-refractivity contribution in [3.63, 3.8) is 0 Å². The number of nitrogens with zero attached hydrogens (tertiary/aromatic N) is 1. The number of hydrogen-bond acceptors (Lipinski definition) is 3. The molecule has 14 heavy (non-hydrogen) atoms. The molecule has 0 spiro atoms. The smallest absolute Gasteiger partial charge is 0.244 e. The van der Waals surface area contributed by atoms with E-state index in [0.717, 1.165) is 0 Å². The van der Waals surface area contributed by atoms with Gasteiger partial charge in [0, 0.05) is 21.1 Å². The fourth-order valence-corrected chi connectivity index (χ4v) is 2.19. The van der Waals surface area contributed by atoms with Gasteiger partial charge < -0.3 is 5.32 Å². The summed E-state index contributed by atoms with van der Waals surface area (Å²) in [5, 5.41) is 2.85. The third-order valence-electron chi connectivity index (χ3n) is 1.92. The summed E-state index contributed by atoms with van der Waals surface area (Å²) >= 11 is 0. The standard InChI is InChI=1S/C9H14N2O2S/c1-10-8-6-4-5-7-9(8)14(12,13)11(2)3/h4-7,10H,1-3H3. The first-order valence-corrected chi connectivity index (χ1v) is 5.63. The molecule has 1 aromatic carbocycles. The number of sulfonamides is 1. The third kappa shape index (κ3) is 1.88. The second-order valence-corrected chi connectivity index (χ2v) is 5.15. The number of nitrogens with one attached hydrogen (secondary N) is 1. The van der Waals surface area contributed by atoms with Crippen molar-refractivity contribution in [2.75, 3.05) is 26.5 Å². The Morgan fingerprint density at radius 1 is 1.21 bits per heavy atom. The molecule has 0 fully saturated rings. The van der Waals surface area contributed by atoms with E-state index in [1.54, 1.807) is 31.3 Å². The summed E-state index contributed by atoms with van der Waals surface area (Å²) in [5.74, 6) is 0. The van der Waals surface area contributed by atoms with E-state index in [2.05, 4.69) is 5.32 Å². The van der Waals surface area contributed by atoms with Gasteiger partial charge in [-0.15, -0.1) is 0 Å². The maximum absolute atomic E-state index is 11.8. The van der Waals surface area contributed by atoms with E-state index in [-0.39, 0.29) is 0 Å². The summed E-state index contributed by atoms with van der Waals surface area (Å²) in [7, 11) is 1.38. The normalized spacial score (nSPS) is 11.7. The van der Waals surface area contributed by atoms with E-state index in [1.807, 2.05) is 0 Å². The molecular weight excluding hydrogens is 200 g/mol. The Kier molecular flexibility index (Phi) is 3.13. The zero-order valence-corrected chi connectivity index (χ0v) is 9.30. The van der Waals surface area contributed by atoms with Crippen molar-refractivity contribution in [1.82, 2.24) is 4.31 Å². The van der Waals surface area contributed by atoms with Gasteiger partial charge in [0.1, 0.15) is 4.90 Å². The van der Waals surface area contributed by atoms with Gasteiger partial charge >= 0.3 is 0 Å². The lowest BCUT2D eigenvalue weighted by Crippen LogP contribution is -2.23. The minimum absolute atomic E-state index is 0.299. The highest BCUT2D eigenvalue weighted by Gasteiger charge is 2.19. The Balaban J connectivity index is 3.32. The topological polar surface area (TPSA) is 49.4 Å². The molecule has 5 heteroatoms. The Hall–Kier alpha value is -1.07. The monoisotopic (exact) mass is 214 g/mol. The average Bonchev–Trinajstić information content (AvgIpc) is 2.17. The van der Waals surface area contributed by atoms with Crippen LogP contribution in [0.5, 0.6) is 0 Å². The molecule has 0 unspecified atom stereocenters. The molecule has 0 bridgehead atoms. The first-order valence-electron chi connectivity index (χ1n) is 4.19. The van der Waals surface area contributed by atoms with Gasteiger partial charge in [0.2, 0.25) is 10.0 Å². The van der Waals surface area contributed by atoms with Crippen LogP contribution in [0.1, 0.15) is 0 Å². The third-order valence-corrected chi connectivity index (χ3v) is 3.79. The van der Waals surface area contributed by atoms with Crippen molar-refractivity contribution < 1.29 is 8.42 Å². The number of para-hydroxylation sites is 1. The molecule has 0 heterocycles.